The van der Waals surface area contributed by atoms with Gasteiger partial charge in [-0.25, -0.2) is 9.48 Å². The van der Waals surface area contributed by atoms with Crippen LogP contribution in [0.3, 0.4) is 0 Å². The molecular weight excluding hydrogens is 380 g/mol. The topological polar surface area (TPSA) is 86.1 Å². The minimum absolute atomic E-state index is 0.348. The van der Waals surface area contributed by atoms with Crippen molar-refractivity contribution >= 4 is 28.6 Å². The molecule has 0 aliphatic heterocycles. The maximum absolute atomic E-state index is 12.2. The number of hydrogen-bond donors (Lipinski definition) is 1. The van der Waals surface area contributed by atoms with E-state index < -0.39 is 5.97 Å². The fourth-order valence-electron chi connectivity index (χ4n) is 3.09. The van der Waals surface area contributed by atoms with Gasteiger partial charge in [-0.3, -0.25) is 4.79 Å². The lowest BCUT2D eigenvalue weighted by Gasteiger charge is -2.08. The standard InChI is InChI=1S/C23H20N4O3/c1-16-5-4-6-19(13-16)24-22(28)15-30-23(29)18-11-9-17(10-12-18)14-27-21-8-3-2-7-20(21)25-26-27/h2-13H,14-15H2,1H3,(H,24,28). The molecule has 7 heteroatoms. The van der Waals surface area contributed by atoms with E-state index in [1.165, 1.54) is 0 Å². The van der Waals surface area contributed by atoms with E-state index in [2.05, 4.69) is 15.6 Å². The average Bonchev–Trinajstić information content (AvgIpc) is 3.15. The number of aromatic nitrogens is 3. The SMILES string of the molecule is Cc1cccc(NC(=O)COC(=O)c2ccc(Cn3nnc4ccccc43)cc2)c1. The third-order valence-corrected chi connectivity index (χ3v) is 4.58. The molecule has 1 heterocycles. The van der Waals surface area contributed by atoms with Gasteiger partial charge >= 0.3 is 5.97 Å². The van der Waals surface area contributed by atoms with Crippen molar-refractivity contribution in [3.63, 3.8) is 0 Å². The number of carbonyl (C=O) groups excluding carboxylic acids is 2. The number of amides is 1. The van der Waals surface area contributed by atoms with Crippen molar-refractivity contribution in [3.05, 3.63) is 89.5 Å². The van der Waals surface area contributed by atoms with E-state index in [4.69, 9.17) is 4.74 Å². The summed E-state index contributed by atoms with van der Waals surface area (Å²) in [6, 6.07) is 22.2. The maximum Gasteiger partial charge on any atom is 0.338 e. The van der Waals surface area contributed by atoms with Gasteiger partial charge < -0.3 is 10.1 Å². The van der Waals surface area contributed by atoms with Gasteiger partial charge in [0, 0.05) is 5.69 Å². The molecule has 0 radical (unpaired) electrons. The summed E-state index contributed by atoms with van der Waals surface area (Å²) in [5.74, 6) is -0.934. The van der Waals surface area contributed by atoms with Crippen LogP contribution in [0, 0.1) is 6.92 Å². The first-order valence-corrected chi connectivity index (χ1v) is 9.49. The Hall–Kier alpha value is -4.00. The fraction of sp³-hybridized carbons (Fsp3) is 0.130. The number of hydrogen-bond acceptors (Lipinski definition) is 5. The zero-order chi connectivity index (χ0) is 20.9. The van der Waals surface area contributed by atoms with E-state index in [-0.39, 0.29) is 12.5 Å². The number of esters is 1. The second-order valence-corrected chi connectivity index (χ2v) is 6.93. The van der Waals surface area contributed by atoms with E-state index in [0.29, 0.717) is 17.8 Å². The van der Waals surface area contributed by atoms with Crippen molar-refractivity contribution in [1.29, 1.82) is 0 Å². The number of para-hydroxylation sites is 1. The third-order valence-electron chi connectivity index (χ3n) is 4.58. The number of ether oxygens (including phenoxy) is 1. The van der Waals surface area contributed by atoms with Gasteiger partial charge in [-0.1, -0.05) is 41.6 Å². The molecule has 1 aromatic heterocycles. The summed E-state index contributed by atoms with van der Waals surface area (Å²) in [4.78, 5) is 24.2. The summed E-state index contributed by atoms with van der Waals surface area (Å²) in [5, 5.41) is 11.0. The number of fused-ring (bicyclic) bond motifs is 1. The maximum atomic E-state index is 12.2. The Kier molecular flexibility index (Phi) is 5.52. The highest BCUT2D eigenvalue weighted by Gasteiger charge is 2.11. The van der Waals surface area contributed by atoms with Crippen LogP contribution in [0.5, 0.6) is 0 Å². The average molecular weight is 400 g/mol. The lowest BCUT2D eigenvalue weighted by molar-refractivity contribution is -0.119. The van der Waals surface area contributed by atoms with Crippen LogP contribution >= 0.6 is 0 Å². The molecule has 0 unspecified atom stereocenters. The van der Waals surface area contributed by atoms with Gasteiger partial charge in [0.05, 0.1) is 17.6 Å². The number of aryl methyl sites for hydroxylation is 1. The molecule has 0 saturated carbocycles. The molecular formula is C23H20N4O3. The number of benzene rings is 3. The highest BCUT2D eigenvalue weighted by atomic mass is 16.5. The third kappa shape index (κ3) is 4.52. The van der Waals surface area contributed by atoms with Gasteiger partial charge in [-0.2, -0.15) is 0 Å². The van der Waals surface area contributed by atoms with E-state index in [0.717, 1.165) is 22.2 Å². The van der Waals surface area contributed by atoms with Crippen molar-refractivity contribution in [2.45, 2.75) is 13.5 Å². The van der Waals surface area contributed by atoms with E-state index in [9.17, 15) is 9.59 Å². The van der Waals surface area contributed by atoms with Crippen LogP contribution in [-0.2, 0) is 16.1 Å². The van der Waals surface area contributed by atoms with Crippen LogP contribution in [0.1, 0.15) is 21.5 Å². The highest BCUT2D eigenvalue weighted by Crippen LogP contribution is 2.13. The molecule has 0 aliphatic rings. The molecule has 0 atom stereocenters. The van der Waals surface area contributed by atoms with Crippen molar-refractivity contribution in [2.75, 3.05) is 11.9 Å². The van der Waals surface area contributed by atoms with Gasteiger partial charge in [0.1, 0.15) is 5.52 Å². The molecule has 1 amide bonds. The summed E-state index contributed by atoms with van der Waals surface area (Å²) >= 11 is 0. The lowest BCUT2D eigenvalue weighted by atomic mass is 10.1. The fourth-order valence-corrected chi connectivity index (χ4v) is 3.09. The Balaban J connectivity index is 1.33. The molecule has 30 heavy (non-hydrogen) atoms. The predicted octanol–water partition coefficient (Wildman–Crippen LogP) is 3.58. The Bertz CT molecular complexity index is 1200. The molecule has 0 bridgehead atoms. The summed E-state index contributed by atoms with van der Waals surface area (Å²) in [7, 11) is 0. The second kappa shape index (κ2) is 8.57. The minimum atomic E-state index is -0.549. The van der Waals surface area contributed by atoms with Crippen molar-refractivity contribution in [2.24, 2.45) is 0 Å². The summed E-state index contributed by atoms with van der Waals surface area (Å²) < 4.78 is 6.92. The molecule has 3 aromatic carbocycles. The molecule has 0 aliphatic carbocycles. The normalized spacial score (nSPS) is 10.7. The first-order chi connectivity index (χ1) is 14.6. The zero-order valence-corrected chi connectivity index (χ0v) is 16.4. The molecule has 150 valence electrons. The van der Waals surface area contributed by atoms with Gasteiger partial charge in [0.2, 0.25) is 0 Å². The number of anilines is 1. The van der Waals surface area contributed by atoms with Crippen LogP contribution < -0.4 is 5.32 Å². The first kappa shape index (κ1) is 19.3. The number of carbonyl (C=O) groups is 2. The summed E-state index contributed by atoms with van der Waals surface area (Å²) in [6.45, 7) is 2.12. The lowest BCUT2D eigenvalue weighted by Crippen LogP contribution is -2.21. The highest BCUT2D eigenvalue weighted by molar-refractivity contribution is 5.95. The monoisotopic (exact) mass is 400 g/mol. The molecule has 0 spiro atoms. The van der Waals surface area contributed by atoms with E-state index in [1.807, 2.05) is 61.5 Å². The number of nitrogens with zero attached hydrogens (tertiary/aromatic N) is 3. The Morgan fingerprint density at radius 3 is 2.60 bits per heavy atom. The smallest absolute Gasteiger partial charge is 0.338 e. The second-order valence-electron chi connectivity index (χ2n) is 6.93. The van der Waals surface area contributed by atoms with Crippen molar-refractivity contribution in [1.82, 2.24) is 15.0 Å². The molecule has 1 N–H and O–H groups in total. The van der Waals surface area contributed by atoms with Gasteiger partial charge in [-0.15, -0.1) is 5.10 Å². The van der Waals surface area contributed by atoms with Gasteiger partial charge in [0.25, 0.3) is 5.91 Å². The van der Waals surface area contributed by atoms with Crippen LogP contribution in [0.2, 0.25) is 0 Å². The zero-order valence-electron chi connectivity index (χ0n) is 16.4. The van der Waals surface area contributed by atoms with Gasteiger partial charge in [0.15, 0.2) is 6.61 Å². The largest absolute Gasteiger partial charge is 0.452 e. The predicted molar refractivity (Wildman–Crippen MR) is 113 cm³/mol. The molecule has 4 rings (SSSR count). The molecule has 0 saturated heterocycles. The van der Waals surface area contributed by atoms with Crippen LogP contribution in [0.15, 0.2) is 72.8 Å². The quantitative estimate of drug-likeness (QED) is 0.500. The minimum Gasteiger partial charge on any atom is -0.452 e. The van der Waals surface area contributed by atoms with E-state index >= 15 is 0 Å². The number of nitrogens with one attached hydrogen (secondary N) is 1. The Labute approximate surface area is 173 Å². The van der Waals surface area contributed by atoms with Crippen molar-refractivity contribution < 1.29 is 14.3 Å². The Morgan fingerprint density at radius 1 is 1.00 bits per heavy atom. The molecule has 7 nitrogen and oxygen atoms in total. The first-order valence-electron chi connectivity index (χ1n) is 9.49. The number of rotatable bonds is 6. The Morgan fingerprint density at radius 2 is 1.80 bits per heavy atom. The van der Waals surface area contributed by atoms with Crippen LogP contribution in [-0.4, -0.2) is 33.5 Å². The molecule has 0 fully saturated rings. The summed E-state index contributed by atoms with van der Waals surface area (Å²) in [5.41, 5.74) is 4.83. The van der Waals surface area contributed by atoms with Gasteiger partial charge in [-0.05, 0) is 54.4 Å². The van der Waals surface area contributed by atoms with E-state index in [1.54, 1.807) is 22.9 Å². The van der Waals surface area contributed by atoms with Crippen LogP contribution in [0.4, 0.5) is 5.69 Å². The van der Waals surface area contributed by atoms with Crippen LogP contribution in [0.25, 0.3) is 11.0 Å². The van der Waals surface area contributed by atoms with Crippen molar-refractivity contribution in [3.8, 4) is 0 Å². The molecule has 4 aromatic rings. The summed E-state index contributed by atoms with van der Waals surface area (Å²) in [6.07, 6.45) is 0.